The van der Waals surface area contributed by atoms with Crippen LogP contribution in [0.15, 0.2) is 42.5 Å². The lowest BCUT2D eigenvalue weighted by molar-refractivity contribution is -0.118. The van der Waals surface area contributed by atoms with Crippen LogP contribution in [0.2, 0.25) is 0 Å². The smallest absolute Gasteiger partial charge is 0.241 e. The predicted molar refractivity (Wildman–Crippen MR) is 80.5 cm³/mol. The fourth-order valence-electron chi connectivity index (χ4n) is 2.58. The summed E-state index contributed by atoms with van der Waals surface area (Å²) in [6.45, 7) is 2.47. The van der Waals surface area contributed by atoms with Crippen molar-refractivity contribution in [3.05, 3.63) is 65.0 Å². The van der Waals surface area contributed by atoms with Crippen molar-refractivity contribution in [2.75, 3.05) is 5.32 Å². The molecule has 1 aliphatic heterocycles. The first-order valence-corrected chi connectivity index (χ1v) is 7.00. The number of nitrogens with one attached hydrogen (secondary N) is 2. The third kappa shape index (κ3) is 2.95. The largest absolute Gasteiger partial charge is 0.322 e. The van der Waals surface area contributed by atoms with Crippen LogP contribution in [0.3, 0.4) is 0 Å². The molecule has 0 saturated heterocycles. The Bertz CT molecular complexity index is 684. The van der Waals surface area contributed by atoms with E-state index in [1.165, 1.54) is 17.2 Å². The molecule has 1 amide bonds. The van der Waals surface area contributed by atoms with Crippen LogP contribution in [0.5, 0.6) is 0 Å². The van der Waals surface area contributed by atoms with Crippen molar-refractivity contribution >= 4 is 11.6 Å². The van der Waals surface area contributed by atoms with Gasteiger partial charge in [-0.15, -0.1) is 0 Å². The van der Waals surface area contributed by atoms with Crippen molar-refractivity contribution < 1.29 is 9.18 Å². The number of carbonyl (C=O) groups is 1. The number of aryl methyl sites for hydroxylation is 1. The van der Waals surface area contributed by atoms with E-state index in [9.17, 15) is 9.18 Å². The van der Waals surface area contributed by atoms with Crippen molar-refractivity contribution in [1.29, 1.82) is 0 Å². The Balaban J connectivity index is 1.72. The van der Waals surface area contributed by atoms with E-state index in [1.807, 2.05) is 25.1 Å². The number of anilines is 1. The maximum Gasteiger partial charge on any atom is 0.241 e. The van der Waals surface area contributed by atoms with Crippen molar-refractivity contribution in [3.63, 3.8) is 0 Å². The van der Waals surface area contributed by atoms with Gasteiger partial charge >= 0.3 is 0 Å². The first-order valence-electron chi connectivity index (χ1n) is 7.00. The second-order valence-electron chi connectivity index (χ2n) is 5.38. The number of hydrogen-bond acceptors (Lipinski definition) is 2. The summed E-state index contributed by atoms with van der Waals surface area (Å²) in [4.78, 5) is 12.3. The molecular formula is C17H17FN2O. The van der Waals surface area contributed by atoms with Gasteiger partial charge in [0.05, 0.1) is 11.7 Å². The topological polar surface area (TPSA) is 41.1 Å². The van der Waals surface area contributed by atoms with E-state index in [0.29, 0.717) is 13.0 Å². The molecule has 1 heterocycles. The number of carbonyl (C=O) groups excluding carboxylic acids is 1. The third-order valence-corrected chi connectivity index (χ3v) is 3.78. The molecule has 1 unspecified atom stereocenters. The quantitative estimate of drug-likeness (QED) is 0.890. The van der Waals surface area contributed by atoms with Gasteiger partial charge in [-0.25, -0.2) is 4.39 Å². The number of amides is 1. The highest BCUT2D eigenvalue weighted by molar-refractivity contribution is 5.95. The zero-order valence-electron chi connectivity index (χ0n) is 11.8. The van der Waals surface area contributed by atoms with Gasteiger partial charge in [0, 0.05) is 6.54 Å². The van der Waals surface area contributed by atoms with Gasteiger partial charge in [-0.3, -0.25) is 4.79 Å². The molecule has 0 spiro atoms. The normalized spacial score (nSPS) is 17.1. The molecular weight excluding hydrogens is 267 g/mol. The summed E-state index contributed by atoms with van der Waals surface area (Å²) >= 11 is 0. The van der Waals surface area contributed by atoms with Crippen molar-refractivity contribution in [3.8, 4) is 0 Å². The second-order valence-corrected chi connectivity index (χ2v) is 5.38. The van der Waals surface area contributed by atoms with Crippen LogP contribution in [0, 0.1) is 12.7 Å². The number of rotatable bonds is 2. The molecule has 4 heteroatoms. The molecule has 0 aliphatic carbocycles. The number of hydrogen-bond donors (Lipinski definition) is 2. The molecule has 2 aromatic rings. The molecule has 3 nitrogen and oxygen atoms in total. The van der Waals surface area contributed by atoms with E-state index >= 15 is 0 Å². The lowest BCUT2D eigenvalue weighted by Gasteiger charge is -2.25. The minimum absolute atomic E-state index is 0.202. The molecule has 1 atom stereocenters. The summed E-state index contributed by atoms with van der Waals surface area (Å²) < 4.78 is 13.8. The monoisotopic (exact) mass is 284 g/mol. The summed E-state index contributed by atoms with van der Waals surface area (Å²) in [5.74, 6) is -0.605. The minimum Gasteiger partial charge on any atom is -0.322 e. The Morgan fingerprint density at radius 1 is 1.24 bits per heavy atom. The summed E-state index contributed by atoms with van der Waals surface area (Å²) in [7, 11) is 0. The van der Waals surface area contributed by atoms with Gasteiger partial charge < -0.3 is 10.6 Å². The van der Waals surface area contributed by atoms with E-state index in [-0.39, 0.29) is 17.6 Å². The minimum atomic E-state index is -0.403. The number of halogens is 1. The maximum absolute atomic E-state index is 13.8. The Hall–Kier alpha value is -2.20. The molecule has 0 bridgehead atoms. The van der Waals surface area contributed by atoms with Crippen LogP contribution in [-0.4, -0.2) is 11.9 Å². The van der Waals surface area contributed by atoms with Crippen molar-refractivity contribution in [1.82, 2.24) is 5.32 Å². The highest BCUT2D eigenvalue weighted by atomic mass is 19.1. The fourth-order valence-corrected chi connectivity index (χ4v) is 2.58. The first kappa shape index (κ1) is 13.8. The lowest BCUT2D eigenvalue weighted by atomic mass is 9.95. The maximum atomic E-state index is 13.8. The third-order valence-electron chi connectivity index (χ3n) is 3.78. The van der Waals surface area contributed by atoms with Crippen LogP contribution in [-0.2, 0) is 17.8 Å². The molecule has 0 saturated carbocycles. The summed E-state index contributed by atoms with van der Waals surface area (Å²) in [5.41, 5.74) is 3.44. The SMILES string of the molecule is Cc1ccc(NC(=O)C2Cc3ccccc3CN2)c(F)c1. The van der Waals surface area contributed by atoms with E-state index in [2.05, 4.69) is 16.7 Å². The van der Waals surface area contributed by atoms with Gasteiger partial charge in [0.2, 0.25) is 5.91 Å². The zero-order valence-corrected chi connectivity index (χ0v) is 11.8. The van der Waals surface area contributed by atoms with Crippen LogP contribution in [0.25, 0.3) is 0 Å². The highest BCUT2D eigenvalue weighted by Crippen LogP contribution is 2.19. The van der Waals surface area contributed by atoms with Gasteiger partial charge in [0.1, 0.15) is 5.82 Å². The number of benzene rings is 2. The van der Waals surface area contributed by atoms with E-state index in [0.717, 1.165) is 5.56 Å². The first-order chi connectivity index (χ1) is 10.1. The van der Waals surface area contributed by atoms with Gasteiger partial charge in [-0.1, -0.05) is 30.3 Å². The Morgan fingerprint density at radius 2 is 2.00 bits per heavy atom. The molecule has 21 heavy (non-hydrogen) atoms. The van der Waals surface area contributed by atoms with E-state index in [4.69, 9.17) is 0 Å². The molecule has 2 aromatic carbocycles. The molecule has 0 fully saturated rings. The van der Waals surface area contributed by atoms with Gasteiger partial charge in [0.15, 0.2) is 0 Å². The fraction of sp³-hybridized carbons (Fsp3) is 0.235. The van der Waals surface area contributed by atoms with E-state index in [1.54, 1.807) is 12.1 Å². The Morgan fingerprint density at radius 3 is 2.76 bits per heavy atom. The zero-order chi connectivity index (χ0) is 14.8. The molecule has 3 rings (SSSR count). The Labute approximate surface area is 123 Å². The van der Waals surface area contributed by atoms with Crippen molar-refractivity contribution in [2.45, 2.75) is 25.9 Å². The summed E-state index contributed by atoms with van der Waals surface area (Å²) in [6.07, 6.45) is 0.621. The van der Waals surface area contributed by atoms with Crippen LogP contribution < -0.4 is 10.6 Å². The summed E-state index contributed by atoms with van der Waals surface area (Å²) in [6, 6.07) is 12.5. The lowest BCUT2D eigenvalue weighted by Crippen LogP contribution is -2.44. The van der Waals surface area contributed by atoms with Crippen LogP contribution in [0.4, 0.5) is 10.1 Å². The van der Waals surface area contributed by atoms with Gasteiger partial charge in [-0.2, -0.15) is 0 Å². The van der Waals surface area contributed by atoms with Gasteiger partial charge in [0.25, 0.3) is 0 Å². The predicted octanol–water partition coefficient (Wildman–Crippen LogP) is 2.79. The molecule has 1 aliphatic rings. The molecule has 108 valence electrons. The van der Waals surface area contributed by atoms with Gasteiger partial charge in [-0.05, 0) is 42.2 Å². The average Bonchev–Trinajstić information content (AvgIpc) is 2.49. The Kier molecular flexibility index (Phi) is 3.71. The van der Waals surface area contributed by atoms with Crippen LogP contribution in [0.1, 0.15) is 16.7 Å². The standard InChI is InChI=1S/C17H17FN2O/c1-11-6-7-15(14(18)8-11)20-17(21)16-9-12-4-2-3-5-13(12)10-19-16/h2-8,16,19H,9-10H2,1H3,(H,20,21). The number of fused-ring (bicyclic) bond motifs is 1. The average molecular weight is 284 g/mol. The molecule has 2 N–H and O–H groups in total. The van der Waals surface area contributed by atoms with Crippen molar-refractivity contribution in [2.24, 2.45) is 0 Å². The highest BCUT2D eigenvalue weighted by Gasteiger charge is 2.24. The van der Waals surface area contributed by atoms with E-state index < -0.39 is 5.82 Å². The van der Waals surface area contributed by atoms with Crippen LogP contribution >= 0.6 is 0 Å². The second kappa shape index (κ2) is 5.66. The summed E-state index contributed by atoms with van der Waals surface area (Å²) in [5, 5.41) is 5.85. The molecule has 0 aromatic heterocycles. The molecule has 0 radical (unpaired) electrons.